The van der Waals surface area contributed by atoms with Gasteiger partial charge >= 0.3 is 0 Å². The van der Waals surface area contributed by atoms with Crippen LogP contribution in [0.4, 0.5) is 0 Å². The number of hydrogen-bond donors (Lipinski definition) is 1. The summed E-state index contributed by atoms with van der Waals surface area (Å²) in [6.07, 6.45) is 2.47. The molecule has 2 aromatic carbocycles. The van der Waals surface area contributed by atoms with Crippen molar-refractivity contribution in [3.05, 3.63) is 88.1 Å². The maximum atomic E-state index is 5.96. The van der Waals surface area contributed by atoms with E-state index in [4.69, 9.17) is 4.74 Å². The predicted molar refractivity (Wildman–Crippen MR) is 105 cm³/mol. The van der Waals surface area contributed by atoms with Crippen molar-refractivity contribution in [2.75, 3.05) is 13.2 Å². The molecule has 0 bridgehead atoms. The smallest absolute Gasteiger partial charge is 0.119 e. The van der Waals surface area contributed by atoms with Crippen LogP contribution >= 0.6 is 11.3 Å². The molecule has 1 fully saturated rings. The van der Waals surface area contributed by atoms with Crippen LogP contribution in [0.1, 0.15) is 35.4 Å². The van der Waals surface area contributed by atoms with Crippen molar-refractivity contribution >= 4 is 11.3 Å². The molecule has 0 radical (unpaired) electrons. The van der Waals surface area contributed by atoms with Gasteiger partial charge < -0.3 is 10.1 Å². The van der Waals surface area contributed by atoms with E-state index in [1.165, 1.54) is 29.5 Å². The largest absolute Gasteiger partial charge is 0.492 e. The summed E-state index contributed by atoms with van der Waals surface area (Å²) >= 11 is 1.75. The zero-order valence-corrected chi connectivity index (χ0v) is 15.0. The maximum absolute atomic E-state index is 5.96. The molecule has 1 aliphatic heterocycles. The highest BCUT2D eigenvalue weighted by Gasteiger charge is 2.18. The van der Waals surface area contributed by atoms with Crippen LogP contribution in [0, 0.1) is 0 Å². The molecule has 25 heavy (non-hydrogen) atoms. The highest BCUT2D eigenvalue weighted by atomic mass is 32.1. The Labute approximate surface area is 153 Å². The molecule has 1 aromatic heterocycles. The summed E-state index contributed by atoms with van der Waals surface area (Å²) in [5.74, 6) is 1.23. The van der Waals surface area contributed by atoms with E-state index in [1.54, 1.807) is 11.3 Å². The zero-order chi connectivity index (χ0) is 16.9. The average molecular weight is 349 g/mol. The minimum absolute atomic E-state index is 0.276. The van der Waals surface area contributed by atoms with E-state index < -0.39 is 0 Å². The highest BCUT2D eigenvalue weighted by molar-refractivity contribution is 7.08. The second-order valence-corrected chi connectivity index (χ2v) is 7.35. The van der Waals surface area contributed by atoms with Crippen molar-refractivity contribution in [3.8, 4) is 5.75 Å². The van der Waals surface area contributed by atoms with Crippen molar-refractivity contribution in [1.29, 1.82) is 0 Å². The van der Waals surface area contributed by atoms with Gasteiger partial charge in [-0.2, -0.15) is 11.3 Å². The summed E-state index contributed by atoms with van der Waals surface area (Å²) in [6, 6.07) is 22.0. The first-order chi connectivity index (χ1) is 12.4. The molecular formula is C22H23NOS. The Kier molecular flexibility index (Phi) is 5.14. The van der Waals surface area contributed by atoms with Crippen molar-refractivity contribution in [2.45, 2.75) is 24.8 Å². The van der Waals surface area contributed by atoms with Gasteiger partial charge in [-0.15, -0.1) is 0 Å². The van der Waals surface area contributed by atoms with E-state index in [0.717, 1.165) is 18.9 Å². The standard InChI is InChI=1S/C22H23NOS/c1-2-5-17(6-3-1)22(19-12-14-25-16-19)18-8-10-21(11-9-18)24-15-20-7-4-13-23-20/h1-3,5-6,8-12,14,16,20,22-23H,4,7,13,15H2. The predicted octanol–water partition coefficient (Wildman–Crippen LogP) is 5.06. The van der Waals surface area contributed by atoms with Crippen LogP contribution in [0.3, 0.4) is 0 Å². The first kappa shape index (κ1) is 16.4. The van der Waals surface area contributed by atoms with E-state index in [2.05, 4.69) is 76.7 Å². The number of nitrogens with one attached hydrogen (secondary N) is 1. The fraction of sp³-hybridized carbons (Fsp3) is 0.273. The van der Waals surface area contributed by atoms with Gasteiger partial charge in [0.15, 0.2) is 0 Å². The number of rotatable bonds is 6. The average Bonchev–Trinajstić information content (AvgIpc) is 3.36. The molecule has 2 nitrogen and oxygen atoms in total. The number of ether oxygens (including phenoxy) is 1. The summed E-state index contributed by atoms with van der Waals surface area (Å²) in [6.45, 7) is 1.87. The van der Waals surface area contributed by atoms with Crippen LogP contribution in [-0.4, -0.2) is 19.2 Å². The quantitative estimate of drug-likeness (QED) is 0.672. The molecule has 1 N–H and O–H groups in total. The molecular weight excluding hydrogens is 326 g/mol. The molecule has 4 rings (SSSR count). The molecule has 1 aliphatic rings. The van der Waals surface area contributed by atoms with E-state index in [1.807, 2.05) is 0 Å². The fourth-order valence-electron chi connectivity index (χ4n) is 3.51. The lowest BCUT2D eigenvalue weighted by atomic mass is 9.87. The Morgan fingerprint density at radius 3 is 2.44 bits per heavy atom. The summed E-state index contributed by atoms with van der Waals surface area (Å²) in [5, 5.41) is 7.87. The fourth-order valence-corrected chi connectivity index (χ4v) is 4.20. The van der Waals surface area contributed by atoms with Gasteiger partial charge in [-0.25, -0.2) is 0 Å². The first-order valence-electron chi connectivity index (χ1n) is 8.93. The van der Waals surface area contributed by atoms with E-state index in [0.29, 0.717) is 6.04 Å². The Hall–Kier alpha value is -2.10. The molecule has 2 unspecified atom stereocenters. The lowest BCUT2D eigenvalue weighted by Gasteiger charge is -2.18. The van der Waals surface area contributed by atoms with Gasteiger partial charge in [0.1, 0.15) is 12.4 Å². The van der Waals surface area contributed by atoms with E-state index in [-0.39, 0.29) is 5.92 Å². The monoisotopic (exact) mass is 349 g/mol. The Balaban J connectivity index is 1.53. The Bertz CT molecular complexity index is 762. The molecule has 0 spiro atoms. The van der Waals surface area contributed by atoms with E-state index in [9.17, 15) is 0 Å². The normalized spacial score (nSPS) is 18.2. The molecule has 1 saturated heterocycles. The van der Waals surface area contributed by atoms with Crippen LogP contribution in [0.5, 0.6) is 5.75 Å². The summed E-state index contributed by atoms with van der Waals surface area (Å²) in [7, 11) is 0. The van der Waals surface area contributed by atoms with Gasteiger partial charge in [0, 0.05) is 12.0 Å². The van der Waals surface area contributed by atoms with Crippen LogP contribution in [0.25, 0.3) is 0 Å². The second kappa shape index (κ2) is 7.85. The third kappa shape index (κ3) is 3.94. The maximum Gasteiger partial charge on any atom is 0.119 e. The van der Waals surface area contributed by atoms with Crippen molar-refractivity contribution < 1.29 is 4.74 Å². The minimum Gasteiger partial charge on any atom is -0.492 e. The SMILES string of the molecule is c1ccc(C(c2ccc(OCC3CCCN3)cc2)c2ccsc2)cc1. The summed E-state index contributed by atoms with van der Waals surface area (Å²) < 4.78 is 5.96. The van der Waals surface area contributed by atoms with Crippen molar-refractivity contribution in [2.24, 2.45) is 0 Å². The van der Waals surface area contributed by atoms with Gasteiger partial charge in [-0.3, -0.25) is 0 Å². The molecule has 0 aliphatic carbocycles. The molecule has 2 heterocycles. The molecule has 0 amide bonds. The molecule has 2 atom stereocenters. The minimum atomic E-state index is 0.276. The van der Waals surface area contributed by atoms with Crippen LogP contribution < -0.4 is 10.1 Å². The summed E-state index contributed by atoms with van der Waals surface area (Å²) in [4.78, 5) is 0. The second-order valence-electron chi connectivity index (χ2n) is 6.57. The molecule has 3 aromatic rings. The van der Waals surface area contributed by atoms with Crippen LogP contribution in [0.15, 0.2) is 71.4 Å². The number of thiophene rings is 1. The Morgan fingerprint density at radius 2 is 1.76 bits per heavy atom. The Morgan fingerprint density at radius 1 is 0.960 bits per heavy atom. The van der Waals surface area contributed by atoms with Crippen molar-refractivity contribution in [1.82, 2.24) is 5.32 Å². The first-order valence-corrected chi connectivity index (χ1v) is 9.87. The van der Waals surface area contributed by atoms with Gasteiger partial charge in [0.25, 0.3) is 0 Å². The number of hydrogen-bond acceptors (Lipinski definition) is 3. The topological polar surface area (TPSA) is 21.3 Å². The lowest BCUT2D eigenvalue weighted by molar-refractivity contribution is 0.277. The van der Waals surface area contributed by atoms with Crippen LogP contribution in [0.2, 0.25) is 0 Å². The number of benzene rings is 2. The third-order valence-electron chi connectivity index (χ3n) is 4.84. The zero-order valence-electron chi connectivity index (χ0n) is 14.2. The van der Waals surface area contributed by atoms with Gasteiger partial charge in [-0.1, -0.05) is 42.5 Å². The third-order valence-corrected chi connectivity index (χ3v) is 5.54. The van der Waals surface area contributed by atoms with Crippen molar-refractivity contribution in [3.63, 3.8) is 0 Å². The molecule has 3 heteroatoms. The summed E-state index contributed by atoms with van der Waals surface area (Å²) in [5.41, 5.74) is 3.97. The van der Waals surface area contributed by atoms with Gasteiger partial charge in [0.05, 0.1) is 0 Å². The highest BCUT2D eigenvalue weighted by Crippen LogP contribution is 2.33. The molecule has 128 valence electrons. The van der Waals surface area contributed by atoms with Gasteiger partial charge in [0.2, 0.25) is 0 Å². The van der Waals surface area contributed by atoms with E-state index >= 15 is 0 Å². The molecule has 0 saturated carbocycles. The van der Waals surface area contributed by atoms with Crippen LogP contribution in [-0.2, 0) is 0 Å². The lowest BCUT2D eigenvalue weighted by Crippen LogP contribution is -2.28. The van der Waals surface area contributed by atoms with Gasteiger partial charge in [-0.05, 0) is 65.0 Å².